The number of phenolic OH excluding ortho intramolecular Hbond substituents is 1. The van der Waals surface area contributed by atoms with E-state index in [1.807, 2.05) is 0 Å². The minimum atomic E-state index is 0.0984. The standard InChI is InChI=1S/C7H6N2O2/c8-7-6-4(10)2-1-3-5(6)11-9-7/h1-3,10H,(H2,8,9). The lowest BCUT2D eigenvalue weighted by molar-refractivity contribution is 0.459. The van der Waals surface area contributed by atoms with Crippen molar-refractivity contribution in [3.05, 3.63) is 18.2 Å². The van der Waals surface area contributed by atoms with Crippen molar-refractivity contribution in [2.45, 2.75) is 0 Å². The van der Waals surface area contributed by atoms with Gasteiger partial charge in [-0.2, -0.15) is 0 Å². The molecule has 1 heterocycles. The van der Waals surface area contributed by atoms with Crippen molar-refractivity contribution < 1.29 is 9.63 Å². The lowest BCUT2D eigenvalue weighted by Crippen LogP contribution is -1.83. The number of nitrogens with zero attached hydrogens (tertiary/aromatic N) is 1. The molecule has 2 rings (SSSR count). The van der Waals surface area contributed by atoms with E-state index >= 15 is 0 Å². The zero-order valence-corrected chi connectivity index (χ0v) is 5.61. The Hall–Kier alpha value is -1.71. The number of nitrogens with two attached hydrogens (primary N) is 1. The topological polar surface area (TPSA) is 72.3 Å². The maximum atomic E-state index is 9.26. The molecule has 1 aromatic heterocycles. The van der Waals surface area contributed by atoms with Gasteiger partial charge < -0.3 is 15.4 Å². The van der Waals surface area contributed by atoms with Gasteiger partial charge in [0.05, 0.1) is 0 Å². The molecular weight excluding hydrogens is 144 g/mol. The predicted octanol–water partition coefficient (Wildman–Crippen LogP) is 1.12. The summed E-state index contributed by atoms with van der Waals surface area (Å²) in [6, 6.07) is 4.90. The van der Waals surface area contributed by atoms with Crippen molar-refractivity contribution in [2.75, 3.05) is 5.73 Å². The fourth-order valence-corrected chi connectivity index (χ4v) is 0.997. The molecule has 0 aliphatic carbocycles. The van der Waals surface area contributed by atoms with Gasteiger partial charge >= 0.3 is 0 Å². The van der Waals surface area contributed by atoms with Crippen LogP contribution in [-0.2, 0) is 0 Å². The molecule has 11 heavy (non-hydrogen) atoms. The van der Waals surface area contributed by atoms with Gasteiger partial charge in [-0.25, -0.2) is 0 Å². The van der Waals surface area contributed by atoms with Gasteiger partial charge in [-0.3, -0.25) is 0 Å². The molecule has 0 saturated carbocycles. The Balaban J connectivity index is 2.96. The molecule has 0 spiro atoms. The highest BCUT2D eigenvalue weighted by atomic mass is 16.5. The molecule has 4 heteroatoms. The van der Waals surface area contributed by atoms with Gasteiger partial charge in [0.2, 0.25) is 0 Å². The number of aromatic hydroxyl groups is 1. The molecule has 0 radical (unpaired) electrons. The van der Waals surface area contributed by atoms with Crippen molar-refractivity contribution in [2.24, 2.45) is 0 Å². The Kier molecular flexibility index (Phi) is 1.03. The third-order valence-corrected chi connectivity index (χ3v) is 1.50. The first-order chi connectivity index (χ1) is 5.29. The van der Waals surface area contributed by atoms with Crippen molar-refractivity contribution in [3.63, 3.8) is 0 Å². The summed E-state index contributed by atoms with van der Waals surface area (Å²) in [5.41, 5.74) is 5.91. The molecule has 56 valence electrons. The van der Waals surface area contributed by atoms with Crippen LogP contribution in [0.15, 0.2) is 22.7 Å². The molecule has 3 N–H and O–H groups in total. The Bertz CT molecular complexity index is 394. The zero-order chi connectivity index (χ0) is 7.84. The molecular formula is C7H6N2O2. The van der Waals surface area contributed by atoms with Gasteiger partial charge in [0, 0.05) is 0 Å². The van der Waals surface area contributed by atoms with E-state index in [4.69, 9.17) is 10.3 Å². The number of hydrogen-bond acceptors (Lipinski definition) is 4. The predicted molar refractivity (Wildman–Crippen MR) is 40.1 cm³/mol. The largest absolute Gasteiger partial charge is 0.507 e. The molecule has 0 atom stereocenters. The van der Waals surface area contributed by atoms with Gasteiger partial charge in [-0.15, -0.1) is 0 Å². The zero-order valence-electron chi connectivity index (χ0n) is 5.61. The number of anilines is 1. The Morgan fingerprint density at radius 3 is 3.00 bits per heavy atom. The molecule has 0 saturated heterocycles. The average molecular weight is 150 g/mol. The molecule has 0 bridgehead atoms. The first-order valence-electron chi connectivity index (χ1n) is 3.12. The fourth-order valence-electron chi connectivity index (χ4n) is 0.997. The number of rotatable bonds is 0. The quantitative estimate of drug-likeness (QED) is 0.590. The number of fused-ring (bicyclic) bond motifs is 1. The smallest absolute Gasteiger partial charge is 0.178 e. The van der Waals surface area contributed by atoms with E-state index < -0.39 is 0 Å². The maximum absolute atomic E-state index is 9.26. The van der Waals surface area contributed by atoms with E-state index in [1.54, 1.807) is 12.1 Å². The molecule has 0 aliphatic rings. The molecule has 0 aliphatic heterocycles. The third kappa shape index (κ3) is 0.724. The highest BCUT2D eigenvalue weighted by molar-refractivity contribution is 5.92. The van der Waals surface area contributed by atoms with Gasteiger partial charge in [-0.05, 0) is 12.1 Å². The minimum absolute atomic E-state index is 0.0984. The first-order valence-corrected chi connectivity index (χ1v) is 3.12. The normalized spacial score (nSPS) is 10.5. The van der Waals surface area contributed by atoms with E-state index in [9.17, 15) is 5.11 Å². The summed E-state index contributed by atoms with van der Waals surface area (Å²) >= 11 is 0. The van der Waals surface area contributed by atoms with E-state index in [1.165, 1.54) is 6.07 Å². The van der Waals surface area contributed by atoms with Crippen LogP contribution in [0.2, 0.25) is 0 Å². The second-order valence-electron chi connectivity index (χ2n) is 2.22. The van der Waals surface area contributed by atoms with Crippen LogP contribution in [0.5, 0.6) is 5.75 Å². The summed E-state index contributed by atoms with van der Waals surface area (Å²) in [4.78, 5) is 0. The summed E-state index contributed by atoms with van der Waals surface area (Å²) in [6.07, 6.45) is 0. The Morgan fingerprint density at radius 2 is 2.27 bits per heavy atom. The number of phenols is 1. The van der Waals surface area contributed by atoms with Crippen molar-refractivity contribution in [1.82, 2.24) is 5.16 Å². The first kappa shape index (κ1) is 6.03. The maximum Gasteiger partial charge on any atom is 0.178 e. The monoisotopic (exact) mass is 150 g/mol. The number of hydrogen-bond donors (Lipinski definition) is 2. The molecule has 0 amide bonds. The second-order valence-corrected chi connectivity index (χ2v) is 2.22. The van der Waals surface area contributed by atoms with Crippen LogP contribution < -0.4 is 5.73 Å². The van der Waals surface area contributed by atoms with Crippen LogP contribution >= 0.6 is 0 Å². The van der Waals surface area contributed by atoms with Gasteiger partial charge in [0.1, 0.15) is 11.1 Å². The molecule has 1 aromatic carbocycles. The number of aromatic nitrogens is 1. The second kappa shape index (κ2) is 1.88. The van der Waals surface area contributed by atoms with Crippen molar-refractivity contribution in [3.8, 4) is 5.75 Å². The van der Waals surface area contributed by atoms with Crippen molar-refractivity contribution in [1.29, 1.82) is 0 Å². The minimum Gasteiger partial charge on any atom is -0.507 e. The lowest BCUT2D eigenvalue weighted by Gasteiger charge is -1.90. The van der Waals surface area contributed by atoms with Crippen LogP contribution in [0.25, 0.3) is 11.0 Å². The van der Waals surface area contributed by atoms with Gasteiger partial charge in [0.15, 0.2) is 11.4 Å². The highest BCUT2D eigenvalue weighted by Gasteiger charge is 2.07. The SMILES string of the molecule is Nc1noc2cccc(O)c12. The lowest BCUT2D eigenvalue weighted by atomic mass is 10.2. The number of benzene rings is 1. The van der Waals surface area contributed by atoms with Crippen LogP contribution in [0.1, 0.15) is 0 Å². The average Bonchev–Trinajstić information content (AvgIpc) is 2.34. The van der Waals surface area contributed by atoms with Crippen LogP contribution in [0, 0.1) is 0 Å². The number of nitrogen functional groups attached to an aromatic ring is 1. The van der Waals surface area contributed by atoms with Crippen LogP contribution in [0.4, 0.5) is 5.82 Å². The van der Waals surface area contributed by atoms with Gasteiger partial charge in [0.25, 0.3) is 0 Å². The Labute approximate surface area is 62.2 Å². The van der Waals surface area contributed by atoms with E-state index in [0.717, 1.165) is 0 Å². The highest BCUT2D eigenvalue weighted by Crippen LogP contribution is 2.28. The summed E-state index contributed by atoms with van der Waals surface area (Å²) in [5, 5.41) is 13.2. The fraction of sp³-hybridized carbons (Fsp3) is 0. The summed E-state index contributed by atoms with van der Waals surface area (Å²) in [5.74, 6) is 0.319. The van der Waals surface area contributed by atoms with E-state index in [0.29, 0.717) is 11.0 Å². The molecule has 2 aromatic rings. The molecule has 4 nitrogen and oxygen atoms in total. The Morgan fingerprint density at radius 1 is 1.45 bits per heavy atom. The van der Waals surface area contributed by atoms with Crippen LogP contribution in [0.3, 0.4) is 0 Å². The third-order valence-electron chi connectivity index (χ3n) is 1.50. The van der Waals surface area contributed by atoms with E-state index in [2.05, 4.69) is 5.16 Å². The molecule has 0 unspecified atom stereocenters. The summed E-state index contributed by atoms with van der Waals surface area (Å²) < 4.78 is 4.79. The van der Waals surface area contributed by atoms with Crippen molar-refractivity contribution >= 4 is 16.8 Å². The summed E-state index contributed by atoms with van der Waals surface area (Å²) in [7, 11) is 0. The van der Waals surface area contributed by atoms with E-state index in [-0.39, 0.29) is 11.6 Å². The molecule has 0 fully saturated rings. The summed E-state index contributed by atoms with van der Waals surface area (Å²) in [6.45, 7) is 0. The van der Waals surface area contributed by atoms with Crippen LogP contribution in [-0.4, -0.2) is 10.3 Å². The van der Waals surface area contributed by atoms with Gasteiger partial charge in [-0.1, -0.05) is 11.2 Å².